The predicted molar refractivity (Wildman–Crippen MR) is 130 cm³/mol. The van der Waals surface area contributed by atoms with Crippen molar-refractivity contribution in [3.05, 3.63) is 59.3 Å². The van der Waals surface area contributed by atoms with E-state index in [0.717, 1.165) is 36.6 Å². The van der Waals surface area contributed by atoms with Gasteiger partial charge >= 0.3 is 5.97 Å². The zero-order chi connectivity index (χ0) is 24.4. The van der Waals surface area contributed by atoms with Gasteiger partial charge in [-0.25, -0.2) is 13.2 Å². The van der Waals surface area contributed by atoms with Crippen molar-refractivity contribution in [2.24, 2.45) is 0 Å². The van der Waals surface area contributed by atoms with Crippen LogP contribution in [0.15, 0.2) is 47.4 Å². The molecule has 10 heteroatoms. The Bertz CT molecular complexity index is 1360. The average molecular weight is 498 g/mol. The van der Waals surface area contributed by atoms with E-state index in [4.69, 9.17) is 9.47 Å². The van der Waals surface area contributed by atoms with Crippen molar-refractivity contribution in [1.29, 1.82) is 0 Å². The van der Waals surface area contributed by atoms with Crippen LogP contribution in [0.3, 0.4) is 0 Å². The van der Waals surface area contributed by atoms with Crippen LogP contribution in [0.25, 0.3) is 10.9 Å². The summed E-state index contributed by atoms with van der Waals surface area (Å²) in [5.74, 6) is -1.08. The van der Waals surface area contributed by atoms with Crippen LogP contribution in [-0.2, 0) is 37.1 Å². The maximum Gasteiger partial charge on any atom is 0.338 e. The molecular formula is C25H27N3O6S. The molecule has 1 amide bonds. The van der Waals surface area contributed by atoms with Crippen LogP contribution in [0, 0.1) is 0 Å². The average Bonchev–Trinajstić information content (AvgIpc) is 3.26. The van der Waals surface area contributed by atoms with Gasteiger partial charge in [0, 0.05) is 35.4 Å². The molecule has 3 aromatic rings. The Labute approximate surface area is 203 Å². The van der Waals surface area contributed by atoms with Crippen LogP contribution in [0.4, 0.5) is 5.69 Å². The standard InChI is InChI=1S/C25H27N3O6S/c29-24(26-18-6-8-19(9-7-18)35(31,32)28-11-13-33-14-12-28)16-34-25(30)17-5-10-23-21(15-17)20-3-1-2-4-22(20)27-23/h5-10,15,27H,1-4,11-14,16H2,(H,26,29). The number of amides is 1. The molecule has 1 aliphatic heterocycles. The third-order valence-electron chi connectivity index (χ3n) is 6.41. The topological polar surface area (TPSA) is 118 Å². The number of aromatic nitrogens is 1. The van der Waals surface area contributed by atoms with Gasteiger partial charge in [-0.15, -0.1) is 0 Å². The quantitative estimate of drug-likeness (QED) is 0.506. The normalized spacial score (nSPS) is 16.6. The Hall–Kier alpha value is -3.21. The molecule has 1 fully saturated rings. The highest BCUT2D eigenvalue weighted by molar-refractivity contribution is 7.89. The van der Waals surface area contributed by atoms with E-state index in [1.165, 1.54) is 39.8 Å². The number of morpholine rings is 1. The molecule has 2 aliphatic rings. The fourth-order valence-electron chi connectivity index (χ4n) is 4.59. The van der Waals surface area contributed by atoms with Crippen molar-refractivity contribution in [1.82, 2.24) is 9.29 Å². The number of aryl methyl sites for hydroxylation is 2. The molecule has 2 heterocycles. The number of anilines is 1. The minimum Gasteiger partial charge on any atom is -0.452 e. The monoisotopic (exact) mass is 497 g/mol. The van der Waals surface area contributed by atoms with Gasteiger partial charge in [-0.1, -0.05) is 0 Å². The first-order valence-corrected chi connectivity index (χ1v) is 13.1. The number of sulfonamides is 1. The fraction of sp³-hybridized carbons (Fsp3) is 0.360. The largest absolute Gasteiger partial charge is 0.452 e. The summed E-state index contributed by atoms with van der Waals surface area (Å²) in [6, 6.07) is 11.3. The molecule has 2 N–H and O–H groups in total. The molecule has 2 aromatic carbocycles. The van der Waals surface area contributed by atoms with Crippen LogP contribution < -0.4 is 5.32 Å². The van der Waals surface area contributed by atoms with E-state index in [1.54, 1.807) is 6.07 Å². The molecule has 0 bridgehead atoms. The number of aromatic amines is 1. The summed E-state index contributed by atoms with van der Waals surface area (Å²) in [5.41, 5.74) is 4.31. The number of carbonyl (C=O) groups is 2. The van der Waals surface area contributed by atoms with Crippen molar-refractivity contribution in [3.63, 3.8) is 0 Å². The molecule has 0 radical (unpaired) electrons. The molecule has 1 aromatic heterocycles. The van der Waals surface area contributed by atoms with Crippen molar-refractivity contribution < 1.29 is 27.5 Å². The Morgan fingerprint density at radius 3 is 2.54 bits per heavy atom. The molecule has 0 saturated carbocycles. The van der Waals surface area contributed by atoms with Crippen LogP contribution in [0.5, 0.6) is 0 Å². The van der Waals surface area contributed by atoms with Gasteiger partial charge in [-0.2, -0.15) is 4.31 Å². The number of hydrogen-bond donors (Lipinski definition) is 2. The summed E-state index contributed by atoms with van der Waals surface area (Å²) in [4.78, 5) is 28.4. The molecule has 5 rings (SSSR count). The number of nitrogens with one attached hydrogen (secondary N) is 2. The van der Waals surface area contributed by atoms with Gasteiger partial charge in [-0.05, 0) is 73.7 Å². The van der Waals surface area contributed by atoms with Crippen molar-refractivity contribution in [3.8, 4) is 0 Å². The first-order chi connectivity index (χ1) is 16.9. The number of rotatable bonds is 6. The number of H-pyrrole nitrogens is 1. The first kappa shape index (κ1) is 23.5. The lowest BCUT2D eigenvalue weighted by molar-refractivity contribution is -0.119. The Morgan fingerprint density at radius 2 is 1.77 bits per heavy atom. The molecule has 1 saturated heterocycles. The van der Waals surface area contributed by atoms with Gasteiger partial charge in [0.25, 0.3) is 5.91 Å². The number of carbonyl (C=O) groups excluding carboxylic acids is 2. The van der Waals surface area contributed by atoms with Gasteiger partial charge in [-0.3, -0.25) is 4.79 Å². The summed E-state index contributed by atoms with van der Waals surface area (Å²) in [6.07, 6.45) is 4.30. The molecule has 184 valence electrons. The highest BCUT2D eigenvalue weighted by Crippen LogP contribution is 2.30. The maximum atomic E-state index is 12.7. The van der Waals surface area contributed by atoms with Crippen molar-refractivity contribution in [2.45, 2.75) is 30.6 Å². The highest BCUT2D eigenvalue weighted by atomic mass is 32.2. The minimum atomic E-state index is -3.61. The fourth-order valence-corrected chi connectivity index (χ4v) is 6.00. The predicted octanol–water partition coefficient (Wildman–Crippen LogP) is 2.86. The highest BCUT2D eigenvalue weighted by Gasteiger charge is 2.26. The third kappa shape index (κ3) is 4.95. The van der Waals surface area contributed by atoms with E-state index in [2.05, 4.69) is 10.3 Å². The second-order valence-corrected chi connectivity index (χ2v) is 10.7. The smallest absolute Gasteiger partial charge is 0.338 e. The van der Waals surface area contributed by atoms with Crippen LogP contribution in [0.2, 0.25) is 0 Å². The lowest BCUT2D eigenvalue weighted by atomic mass is 9.95. The van der Waals surface area contributed by atoms with Crippen LogP contribution >= 0.6 is 0 Å². The maximum absolute atomic E-state index is 12.7. The molecule has 0 atom stereocenters. The second-order valence-electron chi connectivity index (χ2n) is 8.71. The van der Waals surface area contributed by atoms with Gasteiger partial charge < -0.3 is 19.8 Å². The van der Waals surface area contributed by atoms with Crippen LogP contribution in [0.1, 0.15) is 34.5 Å². The SMILES string of the molecule is O=C(COC(=O)c1ccc2[nH]c3c(c2c1)CCCC3)Nc1ccc(S(=O)(=O)N2CCOCC2)cc1. The van der Waals surface area contributed by atoms with Gasteiger partial charge in [0.05, 0.1) is 23.7 Å². The number of esters is 1. The zero-order valence-corrected chi connectivity index (χ0v) is 20.0. The summed E-state index contributed by atoms with van der Waals surface area (Å²) < 4.78 is 37.2. The minimum absolute atomic E-state index is 0.145. The van der Waals surface area contributed by atoms with Crippen molar-refractivity contribution in [2.75, 3.05) is 38.2 Å². The van der Waals surface area contributed by atoms with E-state index in [-0.39, 0.29) is 4.90 Å². The van der Waals surface area contributed by atoms with Crippen LogP contribution in [-0.4, -0.2) is 62.5 Å². The molecular weight excluding hydrogens is 470 g/mol. The molecule has 35 heavy (non-hydrogen) atoms. The lowest BCUT2D eigenvalue weighted by Gasteiger charge is -2.26. The van der Waals surface area contributed by atoms with E-state index < -0.39 is 28.5 Å². The molecule has 1 aliphatic carbocycles. The van der Waals surface area contributed by atoms with E-state index in [0.29, 0.717) is 37.6 Å². The summed E-state index contributed by atoms with van der Waals surface area (Å²) in [5, 5.41) is 3.66. The lowest BCUT2D eigenvalue weighted by Crippen LogP contribution is -2.40. The van der Waals surface area contributed by atoms with Crippen molar-refractivity contribution >= 4 is 38.5 Å². The first-order valence-electron chi connectivity index (χ1n) is 11.7. The Kier molecular flexibility index (Phi) is 6.59. The summed E-state index contributed by atoms with van der Waals surface area (Å²) in [7, 11) is -3.61. The zero-order valence-electron chi connectivity index (χ0n) is 19.2. The Morgan fingerprint density at radius 1 is 1.03 bits per heavy atom. The third-order valence-corrected chi connectivity index (χ3v) is 8.33. The number of hydrogen-bond acceptors (Lipinski definition) is 6. The summed E-state index contributed by atoms with van der Waals surface area (Å²) >= 11 is 0. The second kappa shape index (κ2) is 9.80. The van der Waals surface area contributed by atoms with Gasteiger partial charge in [0.2, 0.25) is 10.0 Å². The van der Waals surface area contributed by atoms with Gasteiger partial charge in [0.1, 0.15) is 0 Å². The number of fused-ring (bicyclic) bond motifs is 3. The molecule has 9 nitrogen and oxygen atoms in total. The van der Waals surface area contributed by atoms with E-state index in [9.17, 15) is 18.0 Å². The van der Waals surface area contributed by atoms with E-state index >= 15 is 0 Å². The van der Waals surface area contributed by atoms with E-state index in [1.807, 2.05) is 12.1 Å². The number of ether oxygens (including phenoxy) is 2. The molecule has 0 unspecified atom stereocenters. The summed E-state index contributed by atoms with van der Waals surface area (Å²) in [6.45, 7) is 0.911. The Balaban J connectivity index is 1.18. The molecule has 0 spiro atoms. The number of nitrogens with zero attached hydrogens (tertiary/aromatic N) is 1. The van der Waals surface area contributed by atoms with Gasteiger partial charge in [0.15, 0.2) is 6.61 Å². The number of benzene rings is 2.